The molecule has 0 spiro atoms. The summed E-state index contributed by atoms with van der Waals surface area (Å²) in [6.07, 6.45) is 2.99. The van der Waals surface area contributed by atoms with Crippen molar-refractivity contribution in [3.8, 4) is 0 Å². The molecule has 3 heteroatoms. The highest BCUT2D eigenvalue weighted by molar-refractivity contribution is 4.75. The average Bonchev–Trinajstić information content (AvgIpc) is 3.01. The van der Waals surface area contributed by atoms with Crippen molar-refractivity contribution in [1.29, 1.82) is 0 Å². The second-order valence-corrected chi connectivity index (χ2v) is 4.87. The van der Waals surface area contributed by atoms with Crippen LogP contribution in [-0.2, 0) is 9.47 Å². The number of aliphatic hydroxyl groups excluding tert-OH is 1. The maximum Gasteiger partial charge on any atom is 0.104 e. The van der Waals surface area contributed by atoms with Crippen LogP contribution >= 0.6 is 0 Å². The Labute approximate surface area is 92.8 Å². The predicted molar refractivity (Wildman–Crippen MR) is 59.9 cm³/mol. The lowest BCUT2D eigenvalue weighted by Gasteiger charge is -2.29. The number of epoxide rings is 1. The van der Waals surface area contributed by atoms with Gasteiger partial charge in [0.2, 0.25) is 0 Å². The highest BCUT2D eigenvalue weighted by Gasteiger charge is 2.25. The van der Waals surface area contributed by atoms with Crippen LogP contribution < -0.4 is 0 Å². The molecule has 1 N–H and O–H groups in total. The summed E-state index contributed by atoms with van der Waals surface area (Å²) in [5.41, 5.74) is 0.249. The van der Waals surface area contributed by atoms with E-state index in [4.69, 9.17) is 9.47 Å². The maximum absolute atomic E-state index is 9.81. The third-order valence-corrected chi connectivity index (χ3v) is 3.45. The van der Waals surface area contributed by atoms with Gasteiger partial charge in [0, 0.05) is 0 Å². The molecule has 0 radical (unpaired) electrons. The maximum atomic E-state index is 9.81. The van der Waals surface area contributed by atoms with Crippen LogP contribution in [0.15, 0.2) is 0 Å². The Hall–Kier alpha value is -0.120. The molecule has 90 valence electrons. The first kappa shape index (κ1) is 12.9. The summed E-state index contributed by atoms with van der Waals surface area (Å²) in [7, 11) is 0. The van der Waals surface area contributed by atoms with E-state index in [-0.39, 0.29) is 11.5 Å². The van der Waals surface area contributed by atoms with E-state index in [0.717, 1.165) is 25.9 Å². The van der Waals surface area contributed by atoms with E-state index in [1.54, 1.807) is 0 Å². The molecule has 1 aliphatic rings. The third kappa shape index (κ3) is 4.96. The second-order valence-electron chi connectivity index (χ2n) is 4.87. The van der Waals surface area contributed by atoms with Crippen LogP contribution in [0.3, 0.4) is 0 Å². The Bertz CT molecular complexity index is 174. The third-order valence-electron chi connectivity index (χ3n) is 3.45. The molecule has 3 nitrogen and oxygen atoms in total. The van der Waals surface area contributed by atoms with Crippen LogP contribution in [-0.4, -0.2) is 37.1 Å². The lowest BCUT2D eigenvalue weighted by molar-refractivity contribution is 0.00488. The molecule has 0 bridgehead atoms. The van der Waals surface area contributed by atoms with Crippen molar-refractivity contribution in [2.24, 2.45) is 5.41 Å². The number of rotatable bonds is 8. The molecule has 0 amide bonds. The van der Waals surface area contributed by atoms with E-state index in [2.05, 4.69) is 20.8 Å². The second kappa shape index (κ2) is 5.83. The average molecular weight is 216 g/mol. The fourth-order valence-electron chi connectivity index (χ4n) is 1.67. The van der Waals surface area contributed by atoms with Gasteiger partial charge in [-0.15, -0.1) is 0 Å². The SMILES string of the molecule is CCC(C)(CC)CC(O)COCC1CO1. The van der Waals surface area contributed by atoms with E-state index in [1.165, 1.54) is 0 Å². The minimum absolute atomic E-state index is 0.249. The molecule has 0 aromatic rings. The molecular formula is C12H24O3. The molecule has 1 saturated heterocycles. The topological polar surface area (TPSA) is 42.0 Å². The highest BCUT2D eigenvalue weighted by atomic mass is 16.6. The standard InChI is InChI=1S/C12H24O3/c1-4-12(3,5-2)6-10(13)7-14-8-11-9-15-11/h10-11,13H,4-9H2,1-3H3. The number of hydrogen-bond donors (Lipinski definition) is 1. The zero-order chi connectivity index (χ0) is 11.3. The van der Waals surface area contributed by atoms with Gasteiger partial charge in [-0.05, 0) is 11.8 Å². The molecule has 1 rings (SSSR count). The van der Waals surface area contributed by atoms with E-state index in [1.807, 2.05) is 0 Å². The molecule has 0 aliphatic carbocycles. The summed E-state index contributed by atoms with van der Waals surface area (Å²) in [6, 6.07) is 0. The fourth-order valence-corrected chi connectivity index (χ4v) is 1.67. The van der Waals surface area contributed by atoms with Crippen molar-refractivity contribution in [2.45, 2.75) is 52.2 Å². The largest absolute Gasteiger partial charge is 0.391 e. The summed E-state index contributed by atoms with van der Waals surface area (Å²) >= 11 is 0. The van der Waals surface area contributed by atoms with Crippen molar-refractivity contribution < 1.29 is 14.6 Å². The first-order chi connectivity index (χ1) is 7.09. The van der Waals surface area contributed by atoms with Crippen LogP contribution in [0.25, 0.3) is 0 Å². The Morgan fingerprint density at radius 1 is 1.47 bits per heavy atom. The van der Waals surface area contributed by atoms with Crippen molar-refractivity contribution >= 4 is 0 Å². The van der Waals surface area contributed by atoms with Crippen LogP contribution in [0, 0.1) is 5.41 Å². The van der Waals surface area contributed by atoms with Crippen LogP contribution in [0.4, 0.5) is 0 Å². The van der Waals surface area contributed by atoms with Gasteiger partial charge in [-0.25, -0.2) is 0 Å². The van der Waals surface area contributed by atoms with Gasteiger partial charge in [0.1, 0.15) is 6.10 Å². The van der Waals surface area contributed by atoms with Crippen LogP contribution in [0.1, 0.15) is 40.0 Å². The molecular weight excluding hydrogens is 192 g/mol. The molecule has 2 unspecified atom stereocenters. The van der Waals surface area contributed by atoms with Crippen LogP contribution in [0.2, 0.25) is 0 Å². The Morgan fingerprint density at radius 2 is 2.07 bits per heavy atom. The van der Waals surface area contributed by atoms with E-state index in [0.29, 0.717) is 19.3 Å². The summed E-state index contributed by atoms with van der Waals surface area (Å²) in [5.74, 6) is 0. The zero-order valence-electron chi connectivity index (χ0n) is 10.2. The van der Waals surface area contributed by atoms with Gasteiger partial charge in [0.25, 0.3) is 0 Å². The van der Waals surface area contributed by atoms with Crippen LogP contribution in [0.5, 0.6) is 0 Å². The van der Waals surface area contributed by atoms with Gasteiger partial charge < -0.3 is 14.6 Å². The van der Waals surface area contributed by atoms with Crippen molar-refractivity contribution in [3.05, 3.63) is 0 Å². The molecule has 2 atom stereocenters. The Morgan fingerprint density at radius 3 is 2.53 bits per heavy atom. The Balaban J connectivity index is 2.11. The molecule has 0 aromatic carbocycles. The fraction of sp³-hybridized carbons (Fsp3) is 1.00. The minimum atomic E-state index is -0.339. The van der Waals surface area contributed by atoms with E-state index >= 15 is 0 Å². The monoisotopic (exact) mass is 216 g/mol. The van der Waals surface area contributed by atoms with Crippen molar-refractivity contribution in [3.63, 3.8) is 0 Å². The van der Waals surface area contributed by atoms with Gasteiger partial charge >= 0.3 is 0 Å². The summed E-state index contributed by atoms with van der Waals surface area (Å²) in [5, 5.41) is 9.81. The lowest BCUT2D eigenvalue weighted by atomic mass is 9.80. The molecule has 0 saturated carbocycles. The summed E-state index contributed by atoms with van der Waals surface area (Å²) < 4.78 is 10.4. The molecule has 1 heterocycles. The van der Waals surface area contributed by atoms with Gasteiger partial charge in [-0.2, -0.15) is 0 Å². The summed E-state index contributed by atoms with van der Waals surface area (Å²) in [6.45, 7) is 8.46. The van der Waals surface area contributed by atoms with Gasteiger partial charge in [0.15, 0.2) is 0 Å². The minimum Gasteiger partial charge on any atom is -0.391 e. The number of hydrogen-bond acceptors (Lipinski definition) is 3. The summed E-state index contributed by atoms with van der Waals surface area (Å²) in [4.78, 5) is 0. The number of ether oxygens (including phenoxy) is 2. The molecule has 1 aliphatic heterocycles. The zero-order valence-corrected chi connectivity index (χ0v) is 10.2. The predicted octanol–water partition coefficient (Wildman–Crippen LogP) is 1.98. The van der Waals surface area contributed by atoms with Gasteiger partial charge in [-0.3, -0.25) is 0 Å². The molecule has 0 aromatic heterocycles. The Kier molecular flexibility index (Phi) is 5.03. The first-order valence-electron chi connectivity index (χ1n) is 5.97. The van der Waals surface area contributed by atoms with Gasteiger partial charge in [-0.1, -0.05) is 33.6 Å². The number of aliphatic hydroxyl groups is 1. The molecule has 15 heavy (non-hydrogen) atoms. The van der Waals surface area contributed by atoms with Crippen molar-refractivity contribution in [2.75, 3.05) is 19.8 Å². The lowest BCUT2D eigenvalue weighted by Crippen LogP contribution is -2.26. The smallest absolute Gasteiger partial charge is 0.104 e. The van der Waals surface area contributed by atoms with Gasteiger partial charge in [0.05, 0.1) is 25.9 Å². The normalized spacial score (nSPS) is 22.8. The van der Waals surface area contributed by atoms with E-state index < -0.39 is 0 Å². The van der Waals surface area contributed by atoms with E-state index in [9.17, 15) is 5.11 Å². The highest BCUT2D eigenvalue weighted by Crippen LogP contribution is 2.31. The van der Waals surface area contributed by atoms with Crippen molar-refractivity contribution in [1.82, 2.24) is 0 Å². The molecule has 1 fully saturated rings. The first-order valence-corrected chi connectivity index (χ1v) is 5.97. The quantitative estimate of drug-likeness (QED) is 0.631.